The smallest absolute Gasteiger partial charge is 0.225 e. The van der Waals surface area contributed by atoms with Crippen LogP contribution in [0.25, 0.3) is 0 Å². The van der Waals surface area contributed by atoms with Crippen molar-refractivity contribution < 1.29 is 4.79 Å². The highest BCUT2D eigenvalue weighted by Crippen LogP contribution is 2.14. The lowest BCUT2D eigenvalue weighted by molar-refractivity contribution is -0.121. The van der Waals surface area contributed by atoms with E-state index in [4.69, 9.17) is 0 Å². The monoisotopic (exact) mass is 371 g/mol. The van der Waals surface area contributed by atoms with Gasteiger partial charge in [0, 0.05) is 70.8 Å². The van der Waals surface area contributed by atoms with Crippen LogP contribution in [-0.4, -0.2) is 69.8 Å². The largest absolute Gasteiger partial charge is 0.355 e. The Morgan fingerprint density at radius 1 is 1.15 bits per heavy atom. The zero-order valence-corrected chi connectivity index (χ0v) is 16.5. The van der Waals surface area contributed by atoms with E-state index in [1.165, 1.54) is 5.56 Å². The van der Waals surface area contributed by atoms with E-state index >= 15 is 0 Å². The first-order chi connectivity index (χ1) is 13.0. The van der Waals surface area contributed by atoms with Crippen LogP contribution in [0.1, 0.15) is 23.4 Å². The summed E-state index contributed by atoms with van der Waals surface area (Å²) in [5, 5.41) is 7.45. The summed E-state index contributed by atoms with van der Waals surface area (Å²) >= 11 is 0. The molecule has 0 radical (unpaired) electrons. The van der Waals surface area contributed by atoms with Crippen LogP contribution in [-0.2, 0) is 18.3 Å². The second-order valence-corrected chi connectivity index (χ2v) is 7.00. The van der Waals surface area contributed by atoms with Crippen LogP contribution in [0.3, 0.4) is 0 Å². The van der Waals surface area contributed by atoms with Crippen LogP contribution in [0, 0.1) is 13.8 Å². The van der Waals surface area contributed by atoms with Crippen molar-refractivity contribution in [3.05, 3.63) is 35.4 Å². The van der Waals surface area contributed by atoms with E-state index in [0.717, 1.165) is 56.5 Å². The van der Waals surface area contributed by atoms with Gasteiger partial charge in [0.05, 0.1) is 5.69 Å². The molecule has 1 N–H and O–H groups in total. The van der Waals surface area contributed by atoms with E-state index in [1.54, 1.807) is 12.4 Å². The fourth-order valence-corrected chi connectivity index (χ4v) is 3.49. The molecule has 0 unspecified atom stereocenters. The number of piperazine rings is 1. The molecule has 1 aliphatic heterocycles. The molecule has 3 rings (SSSR count). The van der Waals surface area contributed by atoms with E-state index < -0.39 is 0 Å². The van der Waals surface area contributed by atoms with Crippen LogP contribution in [0.2, 0.25) is 0 Å². The predicted molar refractivity (Wildman–Crippen MR) is 105 cm³/mol. The maximum atomic E-state index is 12.1. The summed E-state index contributed by atoms with van der Waals surface area (Å²) < 4.78 is 1.88. The zero-order chi connectivity index (χ0) is 19.2. The molecule has 0 bridgehead atoms. The van der Waals surface area contributed by atoms with Crippen molar-refractivity contribution in [2.24, 2.45) is 7.05 Å². The number of aryl methyl sites for hydroxylation is 2. The molecular weight excluding hydrogens is 342 g/mol. The number of carbonyl (C=O) groups is 1. The highest BCUT2D eigenvalue weighted by Gasteiger charge is 2.18. The van der Waals surface area contributed by atoms with Crippen molar-refractivity contribution in [3.8, 4) is 0 Å². The first-order valence-corrected chi connectivity index (χ1v) is 9.54. The van der Waals surface area contributed by atoms with Crippen LogP contribution >= 0.6 is 0 Å². The number of aromatic nitrogens is 4. The summed E-state index contributed by atoms with van der Waals surface area (Å²) in [6.45, 7) is 9.36. The van der Waals surface area contributed by atoms with Gasteiger partial charge in [-0.1, -0.05) is 0 Å². The number of nitrogens with one attached hydrogen (secondary N) is 1. The van der Waals surface area contributed by atoms with Crippen LogP contribution in [0.4, 0.5) is 5.95 Å². The minimum Gasteiger partial charge on any atom is -0.355 e. The Labute approximate surface area is 160 Å². The average Bonchev–Trinajstić information content (AvgIpc) is 2.93. The normalized spacial score (nSPS) is 15.1. The number of hydrogen-bond donors (Lipinski definition) is 1. The molecule has 1 fully saturated rings. The molecule has 146 valence electrons. The molecule has 0 aliphatic carbocycles. The number of anilines is 1. The Hall–Kier alpha value is -2.48. The van der Waals surface area contributed by atoms with Crippen molar-refractivity contribution in [2.45, 2.75) is 26.7 Å². The zero-order valence-electron chi connectivity index (χ0n) is 16.5. The molecule has 1 saturated heterocycles. The van der Waals surface area contributed by atoms with Crippen molar-refractivity contribution in [3.63, 3.8) is 0 Å². The lowest BCUT2D eigenvalue weighted by Gasteiger charge is -2.34. The molecule has 3 heterocycles. The maximum absolute atomic E-state index is 12.1. The fraction of sp³-hybridized carbons (Fsp3) is 0.579. The van der Waals surface area contributed by atoms with Gasteiger partial charge in [0.2, 0.25) is 11.9 Å². The van der Waals surface area contributed by atoms with Gasteiger partial charge in [-0.25, -0.2) is 9.97 Å². The van der Waals surface area contributed by atoms with Gasteiger partial charge in [0.25, 0.3) is 0 Å². The lowest BCUT2D eigenvalue weighted by Crippen LogP contribution is -2.49. The van der Waals surface area contributed by atoms with Gasteiger partial charge in [-0.05, 0) is 31.9 Å². The Bertz CT molecular complexity index is 751. The van der Waals surface area contributed by atoms with E-state index in [0.29, 0.717) is 13.0 Å². The third-order valence-corrected chi connectivity index (χ3v) is 5.22. The minimum atomic E-state index is 0.106. The number of amides is 1. The number of carbonyl (C=O) groups excluding carboxylic acids is 1. The summed E-state index contributed by atoms with van der Waals surface area (Å²) in [6, 6.07) is 1.83. The standard InChI is InChI=1S/C19H29N7O/c1-15-17(16(2)24(3)23-15)5-6-18(27)20-9-10-25-11-13-26(14-12-25)19-21-7-4-8-22-19/h4,7-8H,5-6,9-14H2,1-3H3,(H,20,27). The summed E-state index contributed by atoms with van der Waals surface area (Å²) in [6.07, 6.45) is 4.80. The Kier molecular flexibility index (Phi) is 6.39. The highest BCUT2D eigenvalue weighted by atomic mass is 16.1. The molecule has 1 amide bonds. The molecule has 0 spiro atoms. The summed E-state index contributed by atoms with van der Waals surface area (Å²) in [5.74, 6) is 0.903. The molecule has 0 atom stereocenters. The Morgan fingerprint density at radius 2 is 1.85 bits per heavy atom. The molecular formula is C19H29N7O. The lowest BCUT2D eigenvalue weighted by atomic mass is 10.1. The minimum absolute atomic E-state index is 0.106. The van der Waals surface area contributed by atoms with E-state index in [2.05, 4.69) is 30.2 Å². The quantitative estimate of drug-likeness (QED) is 0.772. The maximum Gasteiger partial charge on any atom is 0.225 e. The Balaban J connectivity index is 1.34. The number of hydrogen-bond acceptors (Lipinski definition) is 6. The van der Waals surface area contributed by atoms with Gasteiger partial charge < -0.3 is 10.2 Å². The third kappa shape index (κ3) is 5.03. The summed E-state index contributed by atoms with van der Waals surface area (Å²) in [7, 11) is 1.94. The summed E-state index contributed by atoms with van der Waals surface area (Å²) in [4.78, 5) is 25.3. The molecule has 8 heteroatoms. The average molecular weight is 371 g/mol. The van der Waals surface area contributed by atoms with E-state index in [-0.39, 0.29) is 5.91 Å². The topological polar surface area (TPSA) is 79.2 Å². The Morgan fingerprint density at radius 3 is 2.48 bits per heavy atom. The molecule has 2 aromatic heterocycles. The van der Waals surface area contributed by atoms with Crippen molar-refractivity contribution >= 4 is 11.9 Å². The highest BCUT2D eigenvalue weighted by molar-refractivity contribution is 5.76. The number of rotatable bonds is 7. The van der Waals surface area contributed by atoms with Gasteiger partial charge in [0.1, 0.15) is 0 Å². The van der Waals surface area contributed by atoms with Gasteiger partial charge in [-0.15, -0.1) is 0 Å². The van der Waals surface area contributed by atoms with Gasteiger partial charge in [0.15, 0.2) is 0 Å². The third-order valence-electron chi connectivity index (χ3n) is 5.22. The number of nitrogens with zero attached hydrogens (tertiary/aromatic N) is 6. The SMILES string of the molecule is Cc1nn(C)c(C)c1CCC(=O)NCCN1CCN(c2ncccn2)CC1. The van der Waals surface area contributed by atoms with E-state index in [9.17, 15) is 4.79 Å². The second-order valence-electron chi connectivity index (χ2n) is 7.00. The van der Waals surface area contributed by atoms with Crippen molar-refractivity contribution in [1.29, 1.82) is 0 Å². The molecule has 0 aromatic carbocycles. The van der Waals surface area contributed by atoms with Crippen LogP contribution in [0.15, 0.2) is 18.5 Å². The van der Waals surface area contributed by atoms with Crippen LogP contribution < -0.4 is 10.2 Å². The molecule has 1 aliphatic rings. The molecule has 2 aromatic rings. The summed E-state index contributed by atoms with van der Waals surface area (Å²) in [5.41, 5.74) is 3.34. The fourth-order valence-electron chi connectivity index (χ4n) is 3.49. The first kappa shape index (κ1) is 19.3. The molecule has 8 nitrogen and oxygen atoms in total. The molecule has 0 saturated carbocycles. The van der Waals surface area contributed by atoms with E-state index in [1.807, 2.05) is 31.6 Å². The predicted octanol–water partition coefficient (Wildman–Crippen LogP) is 0.698. The van der Waals surface area contributed by atoms with Gasteiger partial charge >= 0.3 is 0 Å². The van der Waals surface area contributed by atoms with Crippen LogP contribution in [0.5, 0.6) is 0 Å². The second kappa shape index (κ2) is 8.94. The van der Waals surface area contributed by atoms with Gasteiger partial charge in [-0.3, -0.25) is 14.4 Å². The molecule has 27 heavy (non-hydrogen) atoms. The van der Waals surface area contributed by atoms with Crippen molar-refractivity contribution in [2.75, 3.05) is 44.2 Å². The first-order valence-electron chi connectivity index (χ1n) is 9.54. The van der Waals surface area contributed by atoms with Crippen molar-refractivity contribution in [1.82, 2.24) is 30.0 Å². The van der Waals surface area contributed by atoms with Gasteiger partial charge in [-0.2, -0.15) is 5.10 Å².